The molecule has 2 amide bonds. The van der Waals surface area contributed by atoms with Crippen molar-refractivity contribution >= 4 is 45.7 Å². The molecular formula is C17H15FN4O4S. The molecule has 140 valence electrons. The fourth-order valence-electron chi connectivity index (χ4n) is 2.35. The molecule has 0 radical (unpaired) electrons. The number of para-hydroxylation sites is 1. The van der Waals surface area contributed by atoms with E-state index in [2.05, 4.69) is 15.5 Å². The Labute approximate surface area is 157 Å². The summed E-state index contributed by atoms with van der Waals surface area (Å²) in [5.74, 6) is -1.85. The van der Waals surface area contributed by atoms with Crippen LogP contribution < -0.4 is 10.3 Å². The number of esters is 1. The molecule has 10 heteroatoms. The summed E-state index contributed by atoms with van der Waals surface area (Å²) in [6.07, 6.45) is 0.378. The van der Waals surface area contributed by atoms with Crippen LogP contribution in [0.5, 0.6) is 0 Å². The lowest BCUT2D eigenvalue weighted by molar-refractivity contribution is -0.137. The standard InChI is InChI=1S/C17H15FN4O4S/c1-10(23)22(14-5-3-2-4-12(14)18)17-19-11(9-27-17)8-26-16(25)13-6-7-15(24)21-20-13/h2-5,9H,6-8H2,1H3,(H,21,24). The first-order valence-electron chi connectivity index (χ1n) is 7.98. The van der Waals surface area contributed by atoms with Gasteiger partial charge in [0.05, 0.1) is 11.4 Å². The van der Waals surface area contributed by atoms with Gasteiger partial charge in [0.2, 0.25) is 11.8 Å². The van der Waals surface area contributed by atoms with E-state index in [1.54, 1.807) is 11.4 Å². The molecule has 1 N–H and O–H groups in total. The Bertz CT molecular complexity index is 927. The third-order valence-electron chi connectivity index (χ3n) is 3.63. The highest BCUT2D eigenvalue weighted by atomic mass is 32.1. The fraction of sp³-hybridized carbons (Fsp3) is 0.235. The van der Waals surface area contributed by atoms with Crippen molar-refractivity contribution in [2.24, 2.45) is 5.10 Å². The maximum absolute atomic E-state index is 14.1. The lowest BCUT2D eigenvalue weighted by atomic mass is 10.2. The van der Waals surface area contributed by atoms with Crippen molar-refractivity contribution < 1.29 is 23.5 Å². The summed E-state index contributed by atoms with van der Waals surface area (Å²) in [7, 11) is 0. The van der Waals surface area contributed by atoms with E-state index in [9.17, 15) is 18.8 Å². The number of hydrazone groups is 1. The second-order valence-corrected chi connectivity index (χ2v) is 6.43. The minimum absolute atomic E-state index is 0.0928. The molecule has 2 heterocycles. The van der Waals surface area contributed by atoms with Gasteiger partial charge >= 0.3 is 5.97 Å². The molecule has 27 heavy (non-hydrogen) atoms. The van der Waals surface area contributed by atoms with E-state index in [1.807, 2.05) is 0 Å². The summed E-state index contributed by atoms with van der Waals surface area (Å²) in [4.78, 5) is 40.4. The van der Waals surface area contributed by atoms with Gasteiger partial charge in [-0.15, -0.1) is 11.3 Å². The molecule has 1 aliphatic heterocycles. The van der Waals surface area contributed by atoms with Crippen LogP contribution in [-0.4, -0.2) is 28.5 Å². The maximum atomic E-state index is 14.1. The second-order valence-electron chi connectivity index (χ2n) is 5.60. The van der Waals surface area contributed by atoms with Gasteiger partial charge in [-0.3, -0.25) is 14.5 Å². The lowest BCUT2D eigenvalue weighted by Gasteiger charge is -2.18. The molecule has 0 aliphatic carbocycles. The third kappa shape index (κ3) is 4.34. The van der Waals surface area contributed by atoms with Gasteiger partial charge in [-0.2, -0.15) is 5.10 Å². The number of nitrogens with one attached hydrogen (secondary N) is 1. The predicted molar refractivity (Wildman–Crippen MR) is 95.9 cm³/mol. The Hall–Kier alpha value is -3.14. The Morgan fingerprint density at radius 2 is 2.11 bits per heavy atom. The van der Waals surface area contributed by atoms with Gasteiger partial charge in [-0.05, 0) is 12.1 Å². The largest absolute Gasteiger partial charge is 0.455 e. The number of ether oxygens (including phenoxy) is 1. The number of carbonyl (C=O) groups excluding carboxylic acids is 3. The molecule has 8 nitrogen and oxygen atoms in total. The van der Waals surface area contributed by atoms with E-state index in [4.69, 9.17) is 4.74 Å². The van der Waals surface area contributed by atoms with Crippen LogP contribution in [-0.2, 0) is 25.7 Å². The second kappa shape index (κ2) is 8.04. The van der Waals surface area contributed by atoms with Crippen LogP contribution in [0.25, 0.3) is 0 Å². The zero-order chi connectivity index (χ0) is 19.4. The van der Waals surface area contributed by atoms with E-state index < -0.39 is 17.7 Å². The van der Waals surface area contributed by atoms with Gasteiger partial charge in [0, 0.05) is 25.1 Å². The maximum Gasteiger partial charge on any atom is 0.354 e. The smallest absolute Gasteiger partial charge is 0.354 e. The average Bonchev–Trinajstić information content (AvgIpc) is 3.10. The van der Waals surface area contributed by atoms with Crippen LogP contribution in [0.3, 0.4) is 0 Å². The van der Waals surface area contributed by atoms with Gasteiger partial charge < -0.3 is 4.74 Å². The van der Waals surface area contributed by atoms with Crippen molar-refractivity contribution in [3.8, 4) is 0 Å². The van der Waals surface area contributed by atoms with Gasteiger partial charge in [-0.25, -0.2) is 19.6 Å². The molecule has 2 aromatic rings. The zero-order valence-corrected chi connectivity index (χ0v) is 15.1. The first-order chi connectivity index (χ1) is 13.0. The molecule has 1 aliphatic rings. The van der Waals surface area contributed by atoms with Crippen LogP contribution in [0.2, 0.25) is 0 Å². The van der Waals surface area contributed by atoms with E-state index in [-0.39, 0.29) is 41.9 Å². The van der Waals surface area contributed by atoms with Gasteiger partial charge in [0.1, 0.15) is 18.1 Å². The van der Waals surface area contributed by atoms with Crippen LogP contribution in [0, 0.1) is 5.82 Å². The monoisotopic (exact) mass is 390 g/mol. The Kier molecular flexibility index (Phi) is 5.55. The summed E-state index contributed by atoms with van der Waals surface area (Å²) in [5, 5.41) is 5.54. The molecule has 0 spiro atoms. The number of benzene rings is 1. The van der Waals surface area contributed by atoms with Crippen LogP contribution in [0.15, 0.2) is 34.7 Å². The highest BCUT2D eigenvalue weighted by molar-refractivity contribution is 7.14. The van der Waals surface area contributed by atoms with Gasteiger partial charge in [-0.1, -0.05) is 12.1 Å². The van der Waals surface area contributed by atoms with Crippen molar-refractivity contribution in [3.63, 3.8) is 0 Å². The topological polar surface area (TPSA) is 101 Å². The Morgan fingerprint density at radius 1 is 1.33 bits per heavy atom. The minimum atomic E-state index is -0.651. The molecule has 0 saturated heterocycles. The van der Waals surface area contributed by atoms with Crippen molar-refractivity contribution in [1.29, 1.82) is 0 Å². The summed E-state index contributed by atoms with van der Waals surface area (Å²) in [6.45, 7) is 1.17. The number of hydrogen-bond donors (Lipinski definition) is 1. The van der Waals surface area contributed by atoms with Crippen molar-refractivity contribution in [3.05, 3.63) is 41.2 Å². The molecule has 0 unspecified atom stereocenters. The quantitative estimate of drug-likeness (QED) is 0.790. The van der Waals surface area contributed by atoms with E-state index in [0.29, 0.717) is 5.69 Å². The van der Waals surface area contributed by atoms with Crippen LogP contribution >= 0.6 is 11.3 Å². The van der Waals surface area contributed by atoms with E-state index in [0.717, 1.165) is 16.2 Å². The van der Waals surface area contributed by atoms with Crippen molar-refractivity contribution in [2.75, 3.05) is 4.90 Å². The highest BCUT2D eigenvalue weighted by Gasteiger charge is 2.22. The van der Waals surface area contributed by atoms with Gasteiger partial charge in [0.15, 0.2) is 5.13 Å². The molecule has 0 fully saturated rings. The summed E-state index contributed by atoms with van der Waals surface area (Å²) < 4.78 is 19.2. The predicted octanol–water partition coefficient (Wildman–Crippen LogP) is 2.28. The summed E-state index contributed by atoms with van der Waals surface area (Å²) >= 11 is 1.13. The minimum Gasteiger partial charge on any atom is -0.455 e. The van der Waals surface area contributed by atoms with Crippen molar-refractivity contribution in [1.82, 2.24) is 10.4 Å². The average molecular weight is 390 g/mol. The number of aromatic nitrogens is 1. The number of hydrogen-bond acceptors (Lipinski definition) is 7. The Balaban J connectivity index is 1.70. The highest BCUT2D eigenvalue weighted by Crippen LogP contribution is 2.30. The number of anilines is 2. The SMILES string of the molecule is CC(=O)N(c1nc(COC(=O)C2=NNC(=O)CC2)cs1)c1ccccc1F. The number of nitrogens with zero attached hydrogens (tertiary/aromatic N) is 3. The van der Waals surface area contributed by atoms with Crippen LogP contribution in [0.4, 0.5) is 15.2 Å². The first-order valence-corrected chi connectivity index (χ1v) is 8.86. The first kappa shape index (κ1) is 18.6. The third-order valence-corrected chi connectivity index (χ3v) is 4.50. The molecule has 1 aromatic heterocycles. The van der Waals surface area contributed by atoms with E-state index in [1.165, 1.54) is 25.1 Å². The Morgan fingerprint density at radius 3 is 2.78 bits per heavy atom. The molecular weight excluding hydrogens is 375 g/mol. The molecule has 0 bridgehead atoms. The zero-order valence-electron chi connectivity index (χ0n) is 14.3. The van der Waals surface area contributed by atoms with Crippen LogP contribution in [0.1, 0.15) is 25.5 Å². The molecule has 3 rings (SSSR count). The van der Waals surface area contributed by atoms with E-state index >= 15 is 0 Å². The molecule has 0 saturated carbocycles. The molecule has 1 aromatic carbocycles. The van der Waals surface area contributed by atoms with Gasteiger partial charge in [0.25, 0.3) is 0 Å². The van der Waals surface area contributed by atoms with Crippen molar-refractivity contribution in [2.45, 2.75) is 26.4 Å². The summed E-state index contributed by atoms with van der Waals surface area (Å²) in [6, 6.07) is 5.88. The number of amides is 2. The molecule has 0 atom stereocenters. The number of rotatable bonds is 5. The lowest BCUT2D eigenvalue weighted by Crippen LogP contribution is -2.30. The normalized spacial score (nSPS) is 13.6. The number of halogens is 1. The number of carbonyl (C=O) groups is 3. The fourth-order valence-corrected chi connectivity index (χ4v) is 3.21. The number of thiazole rings is 1. The summed E-state index contributed by atoms with van der Waals surface area (Å²) in [5.41, 5.74) is 2.85.